The molecular formula is C21H32IN5O3. The van der Waals surface area contributed by atoms with Crippen LogP contribution in [0.5, 0.6) is 5.75 Å². The van der Waals surface area contributed by atoms with E-state index in [4.69, 9.17) is 9.47 Å². The lowest BCUT2D eigenvalue weighted by molar-refractivity contribution is -0.127. The number of carbonyl (C=O) groups excluding carboxylic acids is 1. The van der Waals surface area contributed by atoms with Crippen LogP contribution in [0, 0.1) is 5.92 Å². The number of rotatable bonds is 8. The molecule has 2 aromatic rings. The Labute approximate surface area is 194 Å². The van der Waals surface area contributed by atoms with Crippen molar-refractivity contribution in [3.63, 3.8) is 0 Å². The van der Waals surface area contributed by atoms with Crippen LogP contribution in [0.3, 0.4) is 0 Å². The number of ether oxygens (including phenoxy) is 2. The van der Waals surface area contributed by atoms with Crippen LogP contribution in [-0.4, -0.2) is 75.8 Å². The maximum absolute atomic E-state index is 11.9. The molecular weight excluding hydrogens is 497 g/mol. The van der Waals surface area contributed by atoms with E-state index in [1.807, 2.05) is 24.4 Å². The lowest BCUT2D eigenvalue weighted by Crippen LogP contribution is -2.41. The fraction of sp³-hybridized carbons (Fsp3) is 0.524. The van der Waals surface area contributed by atoms with E-state index < -0.39 is 0 Å². The highest BCUT2D eigenvalue weighted by Gasteiger charge is 2.16. The van der Waals surface area contributed by atoms with E-state index in [0.717, 1.165) is 49.3 Å². The molecule has 0 aliphatic carbocycles. The normalized spacial score (nSPS) is 16.2. The van der Waals surface area contributed by atoms with E-state index in [1.54, 1.807) is 26.1 Å². The summed E-state index contributed by atoms with van der Waals surface area (Å²) in [6.07, 6.45) is 3.87. The molecule has 1 aliphatic heterocycles. The number of hydrogen-bond donors (Lipinski definition) is 3. The van der Waals surface area contributed by atoms with Gasteiger partial charge in [-0.05, 0) is 30.5 Å². The van der Waals surface area contributed by atoms with Gasteiger partial charge in [-0.15, -0.1) is 24.0 Å². The number of amides is 1. The van der Waals surface area contributed by atoms with E-state index in [2.05, 4.69) is 20.6 Å². The molecule has 2 heterocycles. The highest BCUT2D eigenvalue weighted by molar-refractivity contribution is 14.0. The molecule has 0 bridgehead atoms. The Morgan fingerprint density at radius 1 is 1.37 bits per heavy atom. The van der Waals surface area contributed by atoms with Crippen LogP contribution in [0.2, 0.25) is 0 Å². The Kier molecular flexibility index (Phi) is 9.70. The first-order chi connectivity index (χ1) is 14.1. The SMILES string of the molecule is COc1cccc2[nH]cc(CCNC(=NCC(=O)N(C)C)NCC3CCOC3)c12.I. The number of carbonyl (C=O) groups is 1. The van der Waals surface area contributed by atoms with Crippen LogP contribution >= 0.6 is 24.0 Å². The molecule has 1 aliphatic rings. The molecule has 1 saturated heterocycles. The number of H-pyrrole nitrogens is 1. The van der Waals surface area contributed by atoms with Gasteiger partial charge in [0, 0.05) is 56.8 Å². The van der Waals surface area contributed by atoms with Gasteiger partial charge in [0.05, 0.1) is 13.7 Å². The van der Waals surface area contributed by atoms with Gasteiger partial charge in [0.15, 0.2) is 5.96 Å². The van der Waals surface area contributed by atoms with Crippen molar-refractivity contribution in [1.82, 2.24) is 20.5 Å². The molecule has 30 heavy (non-hydrogen) atoms. The Morgan fingerprint density at radius 2 is 2.20 bits per heavy atom. The van der Waals surface area contributed by atoms with Crippen LogP contribution in [0.1, 0.15) is 12.0 Å². The largest absolute Gasteiger partial charge is 0.496 e. The zero-order chi connectivity index (χ0) is 20.6. The van der Waals surface area contributed by atoms with Crippen LogP contribution in [0.4, 0.5) is 0 Å². The Balaban J connectivity index is 0.00000320. The molecule has 0 radical (unpaired) electrons. The summed E-state index contributed by atoms with van der Waals surface area (Å²) in [6, 6.07) is 5.99. The quantitative estimate of drug-likeness (QED) is 0.277. The summed E-state index contributed by atoms with van der Waals surface area (Å²) in [5.74, 6) is 1.96. The van der Waals surface area contributed by atoms with Gasteiger partial charge in [0.1, 0.15) is 12.3 Å². The second kappa shape index (κ2) is 12.0. The summed E-state index contributed by atoms with van der Waals surface area (Å²) in [6.45, 7) is 3.17. The molecule has 166 valence electrons. The third-order valence-corrected chi connectivity index (χ3v) is 5.11. The molecule has 1 unspecified atom stereocenters. The molecule has 9 heteroatoms. The Bertz CT molecular complexity index is 846. The fourth-order valence-corrected chi connectivity index (χ4v) is 3.35. The van der Waals surface area contributed by atoms with Gasteiger partial charge in [-0.3, -0.25) is 4.79 Å². The second-order valence-electron chi connectivity index (χ2n) is 7.44. The van der Waals surface area contributed by atoms with E-state index in [-0.39, 0.29) is 36.4 Å². The van der Waals surface area contributed by atoms with Crippen molar-refractivity contribution in [1.29, 1.82) is 0 Å². The van der Waals surface area contributed by atoms with E-state index >= 15 is 0 Å². The summed E-state index contributed by atoms with van der Waals surface area (Å²) in [7, 11) is 5.16. The van der Waals surface area contributed by atoms with Gasteiger partial charge in [-0.2, -0.15) is 0 Å². The predicted octanol–water partition coefficient (Wildman–Crippen LogP) is 2.00. The molecule has 1 atom stereocenters. The van der Waals surface area contributed by atoms with E-state index in [1.165, 1.54) is 5.56 Å². The third-order valence-electron chi connectivity index (χ3n) is 5.11. The number of fused-ring (bicyclic) bond motifs is 1. The minimum absolute atomic E-state index is 0. The number of benzene rings is 1. The van der Waals surface area contributed by atoms with Gasteiger partial charge in [0.25, 0.3) is 0 Å². The van der Waals surface area contributed by atoms with E-state index in [9.17, 15) is 4.79 Å². The average molecular weight is 529 g/mol. The number of guanidine groups is 1. The number of methoxy groups -OCH3 is 1. The van der Waals surface area contributed by atoms with Crippen molar-refractivity contribution in [2.75, 3.05) is 54.1 Å². The van der Waals surface area contributed by atoms with Gasteiger partial charge < -0.3 is 30.0 Å². The van der Waals surface area contributed by atoms with Gasteiger partial charge >= 0.3 is 0 Å². The van der Waals surface area contributed by atoms with Crippen LogP contribution in [0.15, 0.2) is 29.4 Å². The molecule has 1 aromatic carbocycles. The summed E-state index contributed by atoms with van der Waals surface area (Å²) in [4.78, 5) is 21.2. The van der Waals surface area contributed by atoms with Crippen molar-refractivity contribution in [3.05, 3.63) is 30.0 Å². The molecule has 0 spiro atoms. The first-order valence-electron chi connectivity index (χ1n) is 10.0. The second-order valence-corrected chi connectivity index (χ2v) is 7.44. The minimum Gasteiger partial charge on any atom is -0.496 e. The van der Waals surface area contributed by atoms with Gasteiger partial charge in [0.2, 0.25) is 5.91 Å². The maximum Gasteiger partial charge on any atom is 0.243 e. The average Bonchev–Trinajstić information content (AvgIpc) is 3.39. The number of hydrogen-bond acceptors (Lipinski definition) is 4. The number of aromatic amines is 1. The van der Waals surface area contributed by atoms with Crippen molar-refractivity contribution in [2.45, 2.75) is 12.8 Å². The smallest absolute Gasteiger partial charge is 0.243 e. The topological polar surface area (TPSA) is 91.0 Å². The fourth-order valence-electron chi connectivity index (χ4n) is 3.35. The first-order valence-corrected chi connectivity index (χ1v) is 10.0. The van der Waals surface area contributed by atoms with Crippen molar-refractivity contribution >= 4 is 46.7 Å². The van der Waals surface area contributed by atoms with Crippen molar-refractivity contribution in [3.8, 4) is 5.75 Å². The standard InChI is InChI=1S/C21H31N5O3.HI/c1-26(2)19(27)13-25-21(24-11-15-8-10-29-14-15)22-9-7-16-12-23-17-5-4-6-18(28-3)20(16)17;/h4-6,12,15,23H,7-11,13-14H2,1-3H3,(H2,22,24,25);1H. The summed E-state index contributed by atoms with van der Waals surface area (Å²) in [5, 5.41) is 7.81. The number of aromatic nitrogens is 1. The van der Waals surface area contributed by atoms with Crippen LogP contribution < -0.4 is 15.4 Å². The zero-order valence-corrected chi connectivity index (χ0v) is 20.2. The molecule has 1 amide bonds. The number of nitrogens with one attached hydrogen (secondary N) is 3. The third kappa shape index (κ3) is 6.49. The molecule has 3 N–H and O–H groups in total. The van der Waals surface area contributed by atoms with Crippen LogP contribution in [-0.2, 0) is 16.0 Å². The molecule has 1 fully saturated rings. The predicted molar refractivity (Wildman–Crippen MR) is 130 cm³/mol. The molecule has 1 aromatic heterocycles. The van der Waals surface area contributed by atoms with E-state index in [0.29, 0.717) is 18.4 Å². The highest BCUT2D eigenvalue weighted by Crippen LogP contribution is 2.28. The highest BCUT2D eigenvalue weighted by atomic mass is 127. The summed E-state index contributed by atoms with van der Waals surface area (Å²) < 4.78 is 10.9. The van der Waals surface area contributed by atoms with Crippen molar-refractivity contribution < 1.29 is 14.3 Å². The zero-order valence-electron chi connectivity index (χ0n) is 17.9. The first kappa shape index (κ1) is 24.3. The lowest BCUT2D eigenvalue weighted by Gasteiger charge is -2.16. The Morgan fingerprint density at radius 3 is 2.90 bits per heavy atom. The number of nitrogens with zero attached hydrogens (tertiary/aromatic N) is 2. The molecule has 8 nitrogen and oxygen atoms in total. The monoisotopic (exact) mass is 529 g/mol. The Hall–Kier alpha value is -2.01. The maximum atomic E-state index is 11.9. The lowest BCUT2D eigenvalue weighted by atomic mass is 10.1. The van der Waals surface area contributed by atoms with Gasteiger partial charge in [-0.1, -0.05) is 6.07 Å². The summed E-state index contributed by atoms with van der Waals surface area (Å²) >= 11 is 0. The minimum atomic E-state index is -0.0309. The number of likely N-dealkylation sites (N-methyl/N-ethyl adjacent to an activating group) is 1. The number of aliphatic imine (C=N–C) groups is 1. The molecule has 0 saturated carbocycles. The van der Waals surface area contributed by atoms with Crippen molar-refractivity contribution in [2.24, 2.45) is 10.9 Å². The summed E-state index contributed by atoms with van der Waals surface area (Å²) in [5.41, 5.74) is 2.24. The van der Waals surface area contributed by atoms with Gasteiger partial charge in [-0.25, -0.2) is 4.99 Å². The van der Waals surface area contributed by atoms with Crippen LogP contribution in [0.25, 0.3) is 10.9 Å². The molecule has 3 rings (SSSR count). The number of halogens is 1.